The summed E-state index contributed by atoms with van der Waals surface area (Å²) in [6.45, 7) is 9.00. The topological polar surface area (TPSA) is 52.6 Å². The van der Waals surface area contributed by atoms with E-state index in [-0.39, 0.29) is 11.4 Å². The van der Waals surface area contributed by atoms with E-state index in [0.29, 0.717) is 24.3 Å². The Hall–Kier alpha value is -1.84. The van der Waals surface area contributed by atoms with Crippen LogP contribution in [0.2, 0.25) is 0 Å². The minimum absolute atomic E-state index is 0.0960. The second-order valence-corrected chi connectivity index (χ2v) is 9.04. The Labute approximate surface area is 177 Å². The van der Waals surface area contributed by atoms with Crippen molar-refractivity contribution in [3.63, 3.8) is 0 Å². The van der Waals surface area contributed by atoms with Crippen molar-refractivity contribution in [2.24, 2.45) is 5.41 Å². The van der Waals surface area contributed by atoms with E-state index in [0.717, 1.165) is 12.8 Å². The van der Waals surface area contributed by atoms with Gasteiger partial charge < -0.3 is 9.47 Å². The van der Waals surface area contributed by atoms with Crippen LogP contribution >= 0.6 is 0 Å². The maximum Gasteiger partial charge on any atom is 0.338 e. The van der Waals surface area contributed by atoms with Crippen LogP contribution in [0.15, 0.2) is 24.3 Å². The first-order chi connectivity index (χ1) is 13.8. The Bertz CT molecular complexity index is 601. The van der Waals surface area contributed by atoms with Gasteiger partial charge in [0.05, 0.1) is 24.3 Å². The molecule has 0 radical (unpaired) electrons. The van der Waals surface area contributed by atoms with Gasteiger partial charge in [0.15, 0.2) is 0 Å². The molecule has 0 saturated carbocycles. The predicted octanol–water partition coefficient (Wildman–Crippen LogP) is 6.97. The van der Waals surface area contributed by atoms with E-state index >= 15 is 0 Å². The average Bonchev–Trinajstić information content (AvgIpc) is 2.69. The lowest BCUT2D eigenvalue weighted by Gasteiger charge is -2.17. The predicted molar refractivity (Wildman–Crippen MR) is 118 cm³/mol. The summed E-state index contributed by atoms with van der Waals surface area (Å²) in [6.07, 6.45) is 12.4. The van der Waals surface area contributed by atoms with Crippen molar-refractivity contribution in [1.29, 1.82) is 0 Å². The van der Waals surface area contributed by atoms with Crippen molar-refractivity contribution in [1.82, 2.24) is 0 Å². The molecule has 0 amide bonds. The van der Waals surface area contributed by atoms with Gasteiger partial charge in [-0.2, -0.15) is 0 Å². The second kappa shape index (κ2) is 14.2. The zero-order valence-corrected chi connectivity index (χ0v) is 18.9. The molecule has 0 bridgehead atoms. The Morgan fingerprint density at radius 1 is 0.759 bits per heavy atom. The molecular formula is C25H40O4. The molecule has 4 heteroatoms. The number of carbonyl (C=O) groups is 2. The second-order valence-electron chi connectivity index (χ2n) is 9.04. The first-order valence-corrected chi connectivity index (χ1v) is 11.3. The number of esters is 2. The molecule has 0 fully saturated rings. The van der Waals surface area contributed by atoms with Crippen molar-refractivity contribution in [3.05, 3.63) is 35.4 Å². The normalized spacial score (nSPS) is 11.3. The lowest BCUT2D eigenvalue weighted by Crippen LogP contribution is -2.18. The van der Waals surface area contributed by atoms with Gasteiger partial charge in [0.2, 0.25) is 0 Å². The fourth-order valence-corrected chi connectivity index (χ4v) is 2.98. The first-order valence-electron chi connectivity index (χ1n) is 11.3. The van der Waals surface area contributed by atoms with Gasteiger partial charge in [0.25, 0.3) is 0 Å². The SMILES string of the molecule is CCCCCCCCCCCCOC(=O)c1cccc(C(=O)OCC(C)(C)C)c1. The maximum absolute atomic E-state index is 12.2. The highest BCUT2D eigenvalue weighted by Crippen LogP contribution is 2.15. The van der Waals surface area contributed by atoms with Gasteiger partial charge in [-0.25, -0.2) is 9.59 Å². The third-order valence-electron chi connectivity index (χ3n) is 4.70. The molecule has 0 heterocycles. The molecule has 4 nitrogen and oxygen atoms in total. The third-order valence-corrected chi connectivity index (χ3v) is 4.70. The van der Waals surface area contributed by atoms with Crippen LogP contribution in [0.3, 0.4) is 0 Å². The Morgan fingerprint density at radius 2 is 1.24 bits per heavy atom. The van der Waals surface area contributed by atoms with E-state index in [1.165, 1.54) is 51.4 Å². The lowest BCUT2D eigenvalue weighted by atomic mass is 9.99. The summed E-state index contributed by atoms with van der Waals surface area (Å²) in [7, 11) is 0. The molecular weight excluding hydrogens is 364 g/mol. The van der Waals surface area contributed by atoms with Crippen molar-refractivity contribution in [2.75, 3.05) is 13.2 Å². The molecule has 1 aromatic carbocycles. The Morgan fingerprint density at radius 3 is 1.76 bits per heavy atom. The van der Waals surface area contributed by atoms with Crippen LogP contribution in [0.4, 0.5) is 0 Å². The van der Waals surface area contributed by atoms with E-state index in [2.05, 4.69) is 6.92 Å². The zero-order chi connectivity index (χ0) is 21.5. The monoisotopic (exact) mass is 404 g/mol. The highest BCUT2D eigenvalue weighted by atomic mass is 16.5. The highest BCUT2D eigenvalue weighted by molar-refractivity contribution is 5.95. The molecule has 29 heavy (non-hydrogen) atoms. The molecule has 164 valence electrons. The van der Waals surface area contributed by atoms with E-state index in [9.17, 15) is 9.59 Å². The average molecular weight is 405 g/mol. The van der Waals surface area contributed by atoms with Crippen LogP contribution in [0.5, 0.6) is 0 Å². The lowest BCUT2D eigenvalue weighted by molar-refractivity contribution is 0.0367. The smallest absolute Gasteiger partial charge is 0.338 e. The number of carbonyl (C=O) groups excluding carboxylic acids is 2. The molecule has 0 saturated heterocycles. The summed E-state index contributed by atoms with van der Waals surface area (Å²) in [5, 5.41) is 0. The summed E-state index contributed by atoms with van der Waals surface area (Å²) < 4.78 is 10.7. The van der Waals surface area contributed by atoms with Crippen LogP contribution in [0.1, 0.15) is 113 Å². The van der Waals surface area contributed by atoms with Crippen LogP contribution in [0.25, 0.3) is 0 Å². The van der Waals surface area contributed by atoms with Gasteiger partial charge in [-0.3, -0.25) is 0 Å². The highest BCUT2D eigenvalue weighted by Gasteiger charge is 2.16. The fraction of sp³-hybridized carbons (Fsp3) is 0.680. The Balaban J connectivity index is 2.22. The van der Waals surface area contributed by atoms with Gasteiger partial charge in [0, 0.05) is 0 Å². The van der Waals surface area contributed by atoms with E-state index in [4.69, 9.17) is 9.47 Å². The Kier molecular flexibility index (Phi) is 12.3. The van der Waals surface area contributed by atoms with Crippen LogP contribution in [-0.4, -0.2) is 25.2 Å². The van der Waals surface area contributed by atoms with Gasteiger partial charge >= 0.3 is 11.9 Å². The van der Waals surface area contributed by atoms with Crippen molar-refractivity contribution in [2.45, 2.75) is 91.9 Å². The van der Waals surface area contributed by atoms with Crippen LogP contribution < -0.4 is 0 Å². The molecule has 0 N–H and O–H groups in total. The summed E-state index contributed by atoms with van der Waals surface area (Å²) >= 11 is 0. The van der Waals surface area contributed by atoms with Gasteiger partial charge in [-0.15, -0.1) is 0 Å². The molecule has 0 unspecified atom stereocenters. The molecule has 0 aliphatic heterocycles. The summed E-state index contributed by atoms with van der Waals surface area (Å²) in [5.74, 6) is -0.796. The van der Waals surface area contributed by atoms with Crippen LogP contribution in [0, 0.1) is 5.41 Å². The number of rotatable bonds is 14. The molecule has 0 spiro atoms. The zero-order valence-electron chi connectivity index (χ0n) is 18.9. The van der Waals surface area contributed by atoms with Crippen molar-refractivity contribution < 1.29 is 19.1 Å². The van der Waals surface area contributed by atoms with Gasteiger partial charge in [0.1, 0.15) is 0 Å². The molecule has 0 aliphatic carbocycles. The molecule has 0 aromatic heterocycles. The number of hydrogen-bond donors (Lipinski definition) is 0. The number of hydrogen-bond acceptors (Lipinski definition) is 4. The first kappa shape index (κ1) is 25.2. The van der Waals surface area contributed by atoms with Gasteiger partial charge in [-0.05, 0) is 30.0 Å². The summed E-state index contributed by atoms with van der Waals surface area (Å²) in [6, 6.07) is 6.56. The summed E-state index contributed by atoms with van der Waals surface area (Å²) in [5.41, 5.74) is 0.672. The largest absolute Gasteiger partial charge is 0.462 e. The standard InChI is InChI=1S/C25H40O4/c1-5-6-7-8-9-10-11-12-13-14-18-28-23(26)21-16-15-17-22(19-21)24(27)29-20-25(2,3)4/h15-17,19H,5-14,18,20H2,1-4H3. The molecule has 0 atom stereocenters. The van der Waals surface area contributed by atoms with E-state index in [1.54, 1.807) is 24.3 Å². The maximum atomic E-state index is 12.2. The number of unbranched alkanes of at least 4 members (excludes halogenated alkanes) is 9. The minimum atomic E-state index is -0.413. The van der Waals surface area contributed by atoms with Gasteiger partial charge in [-0.1, -0.05) is 91.5 Å². The fourth-order valence-electron chi connectivity index (χ4n) is 2.98. The van der Waals surface area contributed by atoms with E-state index < -0.39 is 5.97 Å². The third kappa shape index (κ3) is 12.4. The summed E-state index contributed by atoms with van der Waals surface area (Å²) in [4.78, 5) is 24.4. The van der Waals surface area contributed by atoms with E-state index in [1.807, 2.05) is 20.8 Å². The number of benzene rings is 1. The van der Waals surface area contributed by atoms with Crippen LogP contribution in [-0.2, 0) is 9.47 Å². The number of ether oxygens (including phenoxy) is 2. The molecule has 1 rings (SSSR count). The molecule has 0 aliphatic rings. The van der Waals surface area contributed by atoms with Crippen molar-refractivity contribution >= 4 is 11.9 Å². The molecule has 1 aromatic rings. The quantitative estimate of drug-likeness (QED) is 0.248. The minimum Gasteiger partial charge on any atom is -0.462 e. The van der Waals surface area contributed by atoms with Crippen molar-refractivity contribution in [3.8, 4) is 0 Å².